The molecule has 0 saturated carbocycles. The lowest BCUT2D eigenvalue weighted by Gasteiger charge is -2.30. The van der Waals surface area contributed by atoms with E-state index in [1.807, 2.05) is 13.0 Å². The van der Waals surface area contributed by atoms with Crippen LogP contribution in [0, 0.1) is 6.92 Å². The molecule has 31 heavy (non-hydrogen) atoms. The predicted octanol–water partition coefficient (Wildman–Crippen LogP) is 3.64. The van der Waals surface area contributed by atoms with Gasteiger partial charge in [0.25, 0.3) is 0 Å². The van der Waals surface area contributed by atoms with Crippen molar-refractivity contribution in [2.75, 3.05) is 25.5 Å². The lowest BCUT2D eigenvalue weighted by molar-refractivity contribution is -0.159. The molecular weight excluding hydrogens is 402 g/mol. The van der Waals surface area contributed by atoms with Gasteiger partial charge in [-0.3, -0.25) is 0 Å². The van der Waals surface area contributed by atoms with Gasteiger partial charge in [-0.25, -0.2) is 19.7 Å². The summed E-state index contributed by atoms with van der Waals surface area (Å²) in [5.74, 6) is 1.66. The molecule has 0 aromatic carbocycles. The van der Waals surface area contributed by atoms with Crippen LogP contribution in [0.1, 0.15) is 39.2 Å². The molecule has 1 fully saturated rings. The molecule has 0 spiro atoms. The number of aromatic nitrogens is 3. The van der Waals surface area contributed by atoms with Crippen LogP contribution < -0.4 is 14.8 Å². The normalized spacial score (nSPS) is 15.3. The topological polar surface area (TPSA) is 108 Å². The number of aryl methyl sites for hydroxylation is 1. The minimum Gasteiger partial charge on any atom is -0.481 e. The second-order valence-electron chi connectivity index (χ2n) is 8.22. The van der Waals surface area contributed by atoms with E-state index >= 15 is 0 Å². The summed E-state index contributed by atoms with van der Waals surface area (Å²) in [5.41, 5.74) is 1.12. The number of methoxy groups -OCH3 is 1. The second kappa shape index (κ2) is 9.78. The number of nitrogens with zero attached hydrogens (tertiary/aromatic N) is 4. The first-order valence-electron chi connectivity index (χ1n) is 10.1. The van der Waals surface area contributed by atoms with Gasteiger partial charge in [-0.1, -0.05) is 0 Å². The second-order valence-corrected chi connectivity index (χ2v) is 8.22. The third kappa shape index (κ3) is 6.95. The summed E-state index contributed by atoms with van der Waals surface area (Å²) >= 11 is 0. The molecule has 0 aliphatic carbocycles. The van der Waals surface area contributed by atoms with Gasteiger partial charge in [0, 0.05) is 37.6 Å². The number of carbonyl (C=O) groups is 1. The van der Waals surface area contributed by atoms with Gasteiger partial charge >= 0.3 is 6.16 Å². The van der Waals surface area contributed by atoms with E-state index in [-0.39, 0.29) is 6.10 Å². The average Bonchev–Trinajstić information content (AvgIpc) is 2.68. The number of nitrogens with one attached hydrogen (secondary N) is 1. The molecule has 1 aliphatic rings. The lowest BCUT2D eigenvalue weighted by atomic mass is 10.1. The van der Waals surface area contributed by atoms with Gasteiger partial charge < -0.3 is 24.4 Å². The molecule has 0 atom stereocenters. The highest BCUT2D eigenvalue weighted by atomic mass is 16.8. The first-order valence-corrected chi connectivity index (χ1v) is 10.1. The van der Waals surface area contributed by atoms with E-state index in [1.165, 1.54) is 6.33 Å². The standard InChI is InChI=1S/C21H29N5O5/c1-14-10-15(12-22-19(14)28-5)25-17-11-18(24-13-23-17)29-16-6-8-26(9-7-16)31-20(27)30-21(2,3)4/h10-13,16H,6-9H2,1-5H3,(H,23,24,25). The van der Waals surface area contributed by atoms with Crippen LogP contribution in [-0.2, 0) is 9.57 Å². The largest absolute Gasteiger partial charge is 0.528 e. The Morgan fingerprint density at radius 1 is 1.16 bits per heavy atom. The number of hydrogen-bond acceptors (Lipinski definition) is 10. The number of pyridine rings is 1. The van der Waals surface area contributed by atoms with Gasteiger partial charge in [-0.05, 0) is 33.8 Å². The van der Waals surface area contributed by atoms with Crippen molar-refractivity contribution in [2.24, 2.45) is 0 Å². The Morgan fingerprint density at radius 3 is 2.55 bits per heavy atom. The average molecular weight is 431 g/mol. The molecule has 0 unspecified atom stereocenters. The van der Waals surface area contributed by atoms with Crippen molar-refractivity contribution in [3.05, 3.63) is 30.2 Å². The van der Waals surface area contributed by atoms with E-state index in [4.69, 9.17) is 19.0 Å². The minimum atomic E-state index is -0.693. The number of carbonyl (C=O) groups excluding carboxylic acids is 1. The number of rotatable bonds is 6. The molecule has 1 saturated heterocycles. The minimum absolute atomic E-state index is 0.0360. The molecule has 10 heteroatoms. The van der Waals surface area contributed by atoms with Crippen molar-refractivity contribution in [1.29, 1.82) is 0 Å². The number of hydrogen-bond donors (Lipinski definition) is 1. The Balaban J connectivity index is 1.50. The molecule has 1 N–H and O–H groups in total. The zero-order valence-electron chi connectivity index (χ0n) is 18.5. The van der Waals surface area contributed by atoms with E-state index in [0.29, 0.717) is 43.5 Å². The summed E-state index contributed by atoms with van der Waals surface area (Å²) < 4.78 is 16.4. The van der Waals surface area contributed by atoms with E-state index in [1.54, 1.807) is 45.2 Å². The number of anilines is 2. The summed E-state index contributed by atoms with van der Waals surface area (Å²) in [7, 11) is 1.59. The monoisotopic (exact) mass is 431 g/mol. The Morgan fingerprint density at radius 2 is 1.90 bits per heavy atom. The smallest absolute Gasteiger partial charge is 0.481 e. The Bertz CT molecular complexity index is 894. The highest BCUT2D eigenvalue weighted by molar-refractivity contribution is 5.60. The molecule has 168 valence electrons. The third-order valence-corrected chi connectivity index (χ3v) is 4.42. The number of hydroxylamine groups is 2. The van der Waals surface area contributed by atoms with E-state index in [9.17, 15) is 4.79 Å². The molecule has 0 bridgehead atoms. The van der Waals surface area contributed by atoms with Crippen molar-refractivity contribution in [3.63, 3.8) is 0 Å². The van der Waals surface area contributed by atoms with Crippen LogP contribution >= 0.6 is 0 Å². The highest BCUT2D eigenvalue weighted by Gasteiger charge is 2.26. The molecule has 0 amide bonds. The lowest BCUT2D eigenvalue weighted by Crippen LogP contribution is -2.40. The summed E-state index contributed by atoms with van der Waals surface area (Å²) in [6, 6.07) is 3.66. The molecule has 10 nitrogen and oxygen atoms in total. The first kappa shape index (κ1) is 22.5. The number of piperidine rings is 1. The van der Waals surface area contributed by atoms with Crippen molar-refractivity contribution in [1.82, 2.24) is 20.0 Å². The fraction of sp³-hybridized carbons (Fsp3) is 0.524. The maximum atomic E-state index is 11.8. The molecule has 3 heterocycles. The van der Waals surface area contributed by atoms with Crippen molar-refractivity contribution in [3.8, 4) is 11.8 Å². The van der Waals surface area contributed by atoms with Crippen LogP contribution in [-0.4, -0.2) is 58.1 Å². The molecular formula is C21H29N5O5. The van der Waals surface area contributed by atoms with E-state index in [0.717, 1.165) is 11.3 Å². The van der Waals surface area contributed by atoms with Crippen LogP contribution in [0.5, 0.6) is 11.8 Å². The zero-order valence-corrected chi connectivity index (χ0v) is 18.5. The van der Waals surface area contributed by atoms with Crippen LogP contribution in [0.15, 0.2) is 24.7 Å². The molecule has 0 radical (unpaired) electrons. The van der Waals surface area contributed by atoms with Gasteiger partial charge in [0.15, 0.2) is 0 Å². The zero-order chi connectivity index (χ0) is 22.4. The Labute approximate surface area is 181 Å². The maximum Gasteiger partial charge on any atom is 0.528 e. The quantitative estimate of drug-likeness (QED) is 0.681. The maximum absolute atomic E-state index is 11.8. The van der Waals surface area contributed by atoms with Crippen LogP contribution in [0.3, 0.4) is 0 Å². The fourth-order valence-corrected chi connectivity index (χ4v) is 3.05. The summed E-state index contributed by atoms with van der Waals surface area (Å²) in [6.45, 7) is 8.42. The van der Waals surface area contributed by atoms with Gasteiger partial charge in [0.05, 0.1) is 19.0 Å². The fourth-order valence-electron chi connectivity index (χ4n) is 3.05. The first-order chi connectivity index (χ1) is 14.7. The summed E-state index contributed by atoms with van der Waals surface area (Å²) in [4.78, 5) is 29.7. The van der Waals surface area contributed by atoms with E-state index in [2.05, 4.69) is 20.3 Å². The Hall–Kier alpha value is -3.14. The van der Waals surface area contributed by atoms with Gasteiger partial charge in [0.1, 0.15) is 23.9 Å². The third-order valence-electron chi connectivity index (χ3n) is 4.42. The molecule has 3 rings (SSSR count). The van der Waals surface area contributed by atoms with Crippen molar-refractivity contribution >= 4 is 17.7 Å². The molecule has 2 aromatic heterocycles. The Kier molecular flexibility index (Phi) is 7.11. The van der Waals surface area contributed by atoms with Gasteiger partial charge in [0.2, 0.25) is 11.8 Å². The van der Waals surface area contributed by atoms with E-state index < -0.39 is 11.8 Å². The number of ether oxygens (including phenoxy) is 3. The van der Waals surface area contributed by atoms with Gasteiger partial charge in [-0.2, -0.15) is 0 Å². The molecule has 2 aromatic rings. The van der Waals surface area contributed by atoms with Crippen LogP contribution in [0.25, 0.3) is 0 Å². The predicted molar refractivity (Wildman–Crippen MR) is 113 cm³/mol. The van der Waals surface area contributed by atoms with Crippen LogP contribution in [0.4, 0.5) is 16.3 Å². The SMILES string of the molecule is COc1ncc(Nc2cc(OC3CCN(OC(=O)OC(C)(C)C)CC3)ncn2)cc1C. The molecule has 1 aliphatic heterocycles. The highest BCUT2D eigenvalue weighted by Crippen LogP contribution is 2.23. The summed E-state index contributed by atoms with van der Waals surface area (Å²) in [6.07, 6.45) is 3.78. The summed E-state index contributed by atoms with van der Waals surface area (Å²) in [5, 5.41) is 4.79. The van der Waals surface area contributed by atoms with Crippen molar-refractivity contribution < 1.29 is 23.8 Å². The van der Waals surface area contributed by atoms with Crippen LogP contribution in [0.2, 0.25) is 0 Å². The van der Waals surface area contributed by atoms with Gasteiger partial charge in [-0.15, -0.1) is 5.06 Å². The van der Waals surface area contributed by atoms with Crippen molar-refractivity contribution in [2.45, 2.75) is 52.2 Å².